The van der Waals surface area contributed by atoms with Gasteiger partial charge in [0.25, 0.3) is 5.91 Å². The van der Waals surface area contributed by atoms with Crippen LogP contribution in [0.15, 0.2) is 36.0 Å². The molecule has 1 atom stereocenters. The lowest BCUT2D eigenvalue weighted by Crippen LogP contribution is -2.28. The normalized spacial score (nSPS) is 12.3. The smallest absolute Gasteiger partial charge is 0.263 e. The van der Waals surface area contributed by atoms with Crippen LogP contribution in [0.5, 0.6) is 0 Å². The third-order valence-electron chi connectivity index (χ3n) is 3.66. The van der Waals surface area contributed by atoms with Crippen LogP contribution >= 0.6 is 0 Å². The molecule has 0 fully saturated rings. The summed E-state index contributed by atoms with van der Waals surface area (Å²) in [6, 6.07) is 9.90. The van der Waals surface area contributed by atoms with Crippen LogP contribution in [0.2, 0.25) is 0 Å². The van der Waals surface area contributed by atoms with Crippen molar-refractivity contribution < 1.29 is 9.53 Å². The van der Waals surface area contributed by atoms with Crippen molar-refractivity contribution >= 4 is 5.91 Å². The molecule has 0 heterocycles. The highest BCUT2D eigenvalue weighted by Crippen LogP contribution is 2.14. The van der Waals surface area contributed by atoms with Crippen LogP contribution in [-0.4, -0.2) is 25.7 Å². The van der Waals surface area contributed by atoms with Gasteiger partial charge in [0, 0.05) is 26.0 Å². The molecule has 1 unspecified atom stereocenters. The van der Waals surface area contributed by atoms with E-state index in [2.05, 4.69) is 29.7 Å². The topological polar surface area (TPSA) is 74.1 Å². The number of ether oxygens (including phenoxy) is 1. The molecule has 1 aromatic carbocycles. The van der Waals surface area contributed by atoms with E-state index in [-0.39, 0.29) is 17.5 Å². The molecule has 5 heteroatoms. The molecule has 1 rings (SSSR count). The van der Waals surface area contributed by atoms with E-state index in [1.807, 2.05) is 32.0 Å². The molecule has 2 N–H and O–H groups in total. The summed E-state index contributed by atoms with van der Waals surface area (Å²) < 4.78 is 5.23. The van der Waals surface area contributed by atoms with Gasteiger partial charge in [0.15, 0.2) is 0 Å². The van der Waals surface area contributed by atoms with Crippen LogP contribution in [0.25, 0.3) is 0 Å². The van der Waals surface area contributed by atoms with Crippen molar-refractivity contribution in [1.29, 1.82) is 5.26 Å². The van der Waals surface area contributed by atoms with E-state index in [1.165, 1.54) is 11.8 Å². The standard InChI is InChI=1S/C19H27N3O2/c1-4-16-7-9-17(10-8-16)15(3)22-19(23)18(13-20)14-21-11-6-12-24-5-2/h7-10,14-15,21H,4-6,11-12H2,1-3H3,(H,22,23)/b18-14-. The molecule has 0 aliphatic carbocycles. The lowest BCUT2D eigenvalue weighted by molar-refractivity contribution is -0.117. The van der Waals surface area contributed by atoms with Gasteiger partial charge in [-0.3, -0.25) is 4.79 Å². The Labute approximate surface area is 144 Å². The van der Waals surface area contributed by atoms with Gasteiger partial charge < -0.3 is 15.4 Å². The van der Waals surface area contributed by atoms with E-state index < -0.39 is 0 Å². The van der Waals surface area contributed by atoms with E-state index >= 15 is 0 Å². The second-order valence-corrected chi connectivity index (χ2v) is 5.46. The minimum absolute atomic E-state index is 0.0726. The summed E-state index contributed by atoms with van der Waals surface area (Å²) in [5.74, 6) is -0.373. The lowest BCUT2D eigenvalue weighted by Gasteiger charge is -2.14. The molecule has 0 radical (unpaired) electrons. The van der Waals surface area contributed by atoms with Gasteiger partial charge in [-0.2, -0.15) is 5.26 Å². The molecule has 130 valence electrons. The maximum absolute atomic E-state index is 12.2. The summed E-state index contributed by atoms with van der Waals surface area (Å²) in [6.07, 6.45) is 3.27. The third kappa shape index (κ3) is 6.84. The molecule has 5 nitrogen and oxygen atoms in total. The fourth-order valence-electron chi connectivity index (χ4n) is 2.14. The number of nitrogens with one attached hydrogen (secondary N) is 2. The highest BCUT2D eigenvalue weighted by atomic mass is 16.5. The summed E-state index contributed by atoms with van der Waals surface area (Å²) in [5, 5.41) is 15.0. The SMILES string of the molecule is CCOCCCN/C=C(/C#N)C(=O)NC(C)c1ccc(CC)cc1. The Kier molecular flexibility index (Phi) is 9.25. The summed E-state index contributed by atoms with van der Waals surface area (Å²) in [5.41, 5.74) is 2.34. The lowest BCUT2D eigenvalue weighted by atomic mass is 10.0. The molecule has 0 aromatic heterocycles. The molecular weight excluding hydrogens is 302 g/mol. The third-order valence-corrected chi connectivity index (χ3v) is 3.66. The second kappa shape index (κ2) is 11.3. The largest absolute Gasteiger partial charge is 0.390 e. The molecule has 1 aromatic rings. The van der Waals surface area contributed by atoms with Gasteiger partial charge in [-0.05, 0) is 37.8 Å². The molecule has 24 heavy (non-hydrogen) atoms. The first-order valence-electron chi connectivity index (χ1n) is 8.43. The summed E-state index contributed by atoms with van der Waals surface area (Å²) >= 11 is 0. The number of nitrogens with zero attached hydrogens (tertiary/aromatic N) is 1. The van der Waals surface area contributed by atoms with Gasteiger partial charge in [-0.15, -0.1) is 0 Å². The van der Waals surface area contributed by atoms with E-state index in [0.29, 0.717) is 19.8 Å². The zero-order chi connectivity index (χ0) is 17.8. The fourth-order valence-corrected chi connectivity index (χ4v) is 2.14. The van der Waals surface area contributed by atoms with Crippen molar-refractivity contribution in [2.45, 2.75) is 39.7 Å². The van der Waals surface area contributed by atoms with Crippen molar-refractivity contribution in [3.05, 3.63) is 47.2 Å². The number of nitriles is 1. The number of amides is 1. The number of hydrogen-bond acceptors (Lipinski definition) is 4. The highest BCUT2D eigenvalue weighted by molar-refractivity contribution is 5.97. The van der Waals surface area contributed by atoms with E-state index in [9.17, 15) is 4.79 Å². The van der Waals surface area contributed by atoms with Gasteiger partial charge >= 0.3 is 0 Å². The van der Waals surface area contributed by atoms with Gasteiger partial charge in [-0.1, -0.05) is 31.2 Å². The van der Waals surface area contributed by atoms with Gasteiger partial charge in [0.2, 0.25) is 0 Å². The predicted octanol–water partition coefficient (Wildman–Crippen LogP) is 2.85. The van der Waals surface area contributed by atoms with Crippen LogP contribution in [0.1, 0.15) is 44.4 Å². The first-order chi connectivity index (χ1) is 11.6. The van der Waals surface area contributed by atoms with Crippen molar-refractivity contribution in [3.8, 4) is 6.07 Å². The Hall–Kier alpha value is -2.32. The first kappa shape index (κ1) is 19.7. The molecule has 0 saturated carbocycles. The minimum atomic E-state index is -0.373. The molecule has 0 aliphatic rings. The number of aryl methyl sites for hydroxylation is 1. The fraction of sp³-hybridized carbons (Fsp3) is 0.474. The molecule has 0 bridgehead atoms. The van der Waals surface area contributed by atoms with Gasteiger partial charge in [0.1, 0.15) is 11.6 Å². The highest BCUT2D eigenvalue weighted by Gasteiger charge is 2.13. The number of benzene rings is 1. The zero-order valence-corrected chi connectivity index (χ0v) is 14.8. The van der Waals surface area contributed by atoms with E-state index in [0.717, 1.165) is 18.4 Å². The summed E-state index contributed by atoms with van der Waals surface area (Å²) in [7, 11) is 0. The Morgan fingerprint density at radius 3 is 2.62 bits per heavy atom. The molecule has 0 spiro atoms. The number of carbonyl (C=O) groups excluding carboxylic acids is 1. The maximum atomic E-state index is 12.2. The molecule has 0 aliphatic heterocycles. The Balaban J connectivity index is 2.51. The molecular formula is C19H27N3O2. The quantitative estimate of drug-likeness (QED) is 0.393. The second-order valence-electron chi connectivity index (χ2n) is 5.46. The van der Waals surface area contributed by atoms with Gasteiger partial charge in [0.05, 0.1) is 6.04 Å². The van der Waals surface area contributed by atoms with Crippen LogP contribution in [0.4, 0.5) is 0 Å². The first-order valence-corrected chi connectivity index (χ1v) is 8.43. The van der Waals surface area contributed by atoms with Crippen LogP contribution in [-0.2, 0) is 16.0 Å². The minimum Gasteiger partial charge on any atom is -0.390 e. The average Bonchev–Trinajstić information content (AvgIpc) is 2.61. The van der Waals surface area contributed by atoms with Crippen LogP contribution in [0.3, 0.4) is 0 Å². The zero-order valence-electron chi connectivity index (χ0n) is 14.8. The van der Waals surface area contributed by atoms with E-state index in [4.69, 9.17) is 10.00 Å². The molecule has 0 saturated heterocycles. The monoisotopic (exact) mass is 329 g/mol. The van der Waals surface area contributed by atoms with Crippen molar-refractivity contribution in [1.82, 2.24) is 10.6 Å². The number of rotatable bonds is 10. The van der Waals surface area contributed by atoms with Crippen LogP contribution in [0, 0.1) is 11.3 Å². The van der Waals surface area contributed by atoms with Gasteiger partial charge in [-0.25, -0.2) is 0 Å². The van der Waals surface area contributed by atoms with Crippen molar-refractivity contribution in [2.24, 2.45) is 0 Å². The summed E-state index contributed by atoms with van der Waals surface area (Å²) in [6.45, 7) is 7.97. The maximum Gasteiger partial charge on any atom is 0.263 e. The van der Waals surface area contributed by atoms with E-state index in [1.54, 1.807) is 0 Å². The Morgan fingerprint density at radius 2 is 2.04 bits per heavy atom. The predicted molar refractivity (Wildman–Crippen MR) is 95.2 cm³/mol. The summed E-state index contributed by atoms with van der Waals surface area (Å²) in [4.78, 5) is 12.2. The van der Waals surface area contributed by atoms with Crippen LogP contribution < -0.4 is 10.6 Å². The average molecular weight is 329 g/mol. The Bertz CT molecular complexity index is 573. The number of hydrogen-bond donors (Lipinski definition) is 2. The molecule has 1 amide bonds. The van der Waals surface area contributed by atoms with Crippen molar-refractivity contribution in [3.63, 3.8) is 0 Å². The van der Waals surface area contributed by atoms with Crippen molar-refractivity contribution in [2.75, 3.05) is 19.8 Å². The Morgan fingerprint density at radius 1 is 1.33 bits per heavy atom. The number of carbonyl (C=O) groups is 1.